The van der Waals surface area contributed by atoms with Crippen LogP contribution in [0.25, 0.3) is 0 Å². The molecule has 1 saturated carbocycles. The Morgan fingerprint density at radius 2 is 2.06 bits per heavy atom. The van der Waals surface area contributed by atoms with Crippen LogP contribution in [0.2, 0.25) is 0 Å². The lowest BCUT2D eigenvalue weighted by molar-refractivity contribution is 0.401. The van der Waals surface area contributed by atoms with Crippen LogP contribution in [0.4, 0.5) is 0 Å². The van der Waals surface area contributed by atoms with Crippen molar-refractivity contribution < 1.29 is 4.74 Å². The zero-order chi connectivity index (χ0) is 11.5. The molecule has 1 aliphatic rings. The molecule has 2 nitrogen and oxygen atoms in total. The lowest BCUT2D eigenvalue weighted by Gasteiger charge is -2.07. The molecule has 1 fully saturated rings. The van der Waals surface area contributed by atoms with Gasteiger partial charge in [0.05, 0.1) is 5.76 Å². The second kappa shape index (κ2) is 4.52. The summed E-state index contributed by atoms with van der Waals surface area (Å²) in [5.74, 6) is 2.53. The summed E-state index contributed by atoms with van der Waals surface area (Å²) < 4.78 is 5.53. The van der Waals surface area contributed by atoms with Crippen molar-refractivity contribution in [3.8, 4) is 0 Å². The maximum Gasteiger partial charge on any atom is 0.193 e. The molecule has 0 aromatic heterocycles. The number of rotatable bonds is 3. The molecule has 0 heterocycles. The fraction of sp³-hybridized carbons (Fsp3) is 0.357. The Morgan fingerprint density at radius 1 is 1.38 bits per heavy atom. The summed E-state index contributed by atoms with van der Waals surface area (Å²) in [5, 5.41) is 0. The minimum Gasteiger partial charge on any atom is -0.448 e. The van der Waals surface area contributed by atoms with E-state index in [0.29, 0.717) is 17.6 Å². The van der Waals surface area contributed by atoms with Crippen LogP contribution in [0.1, 0.15) is 24.8 Å². The molecular weight excluding hydrogens is 198 g/mol. The van der Waals surface area contributed by atoms with Crippen molar-refractivity contribution in [2.75, 3.05) is 7.05 Å². The van der Waals surface area contributed by atoms with Crippen LogP contribution in [0.15, 0.2) is 47.7 Å². The molecule has 0 amide bonds. The van der Waals surface area contributed by atoms with Gasteiger partial charge >= 0.3 is 0 Å². The van der Waals surface area contributed by atoms with E-state index in [4.69, 9.17) is 4.74 Å². The molecule has 0 spiro atoms. The van der Waals surface area contributed by atoms with Crippen LogP contribution >= 0.6 is 0 Å². The van der Waals surface area contributed by atoms with E-state index < -0.39 is 0 Å². The van der Waals surface area contributed by atoms with Gasteiger partial charge in [0.25, 0.3) is 0 Å². The number of hydrogen-bond acceptors (Lipinski definition) is 2. The number of nitrogens with zero attached hydrogens (tertiary/aromatic N) is 1. The maximum atomic E-state index is 5.53. The van der Waals surface area contributed by atoms with Crippen molar-refractivity contribution in [2.45, 2.75) is 19.3 Å². The first kappa shape index (κ1) is 10.9. The Morgan fingerprint density at radius 3 is 2.62 bits per heavy atom. The first-order chi connectivity index (χ1) is 7.72. The van der Waals surface area contributed by atoms with Gasteiger partial charge in [-0.05, 0) is 24.8 Å². The number of hydrogen-bond donors (Lipinski definition) is 0. The second-order valence-corrected chi connectivity index (χ2v) is 4.23. The molecule has 0 saturated heterocycles. The second-order valence-electron chi connectivity index (χ2n) is 4.23. The average molecular weight is 215 g/mol. The smallest absolute Gasteiger partial charge is 0.193 e. The molecule has 1 aromatic rings. The Hall–Kier alpha value is -1.57. The summed E-state index contributed by atoms with van der Waals surface area (Å²) in [5.41, 5.74) is 1.37. The van der Waals surface area contributed by atoms with Crippen molar-refractivity contribution in [3.63, 3.8) is 0 Å². The van der Waals surface area contributed by atoms with Crippen LogP contribution < -0.4 is 0 Å². The number of allylic oxidation sites excluding steroid dienone is 1. The van der Waals surface area contributed by atoms with Gasteiger partial charge in [0.2, 0.25) is 0 Å². The van der Waals surface area contributed by atoms with Crippen LogP contribution in [-0.4, -0.2) is 12.9 Å². The average Bonchev–Trinajstić information content (AvgIpc) is 3.07. The predicted octanol–water partition coefficient (Wildman–Crippen LogP) is 3.37. The van der Waals surface area contributed by atoms with Crippen LogP contribution in [0.5, 0.6) is 0 Å². The highest BCUT2D eigenvalue weighted by molar-refractivity contribution is 5.83. The molecule has 84 valence electrons. The number of ether oxygens (including phenoxy) is 1. The minimum absolute atomic E-state index is 0.434. The molecular formula is C14H17NO. The maximum absolute atomic E-state index is 5.53. The summed E-state index contributed by atoms with van der Waals surface area (Å²) in [6, 6.07) is 10.5. The van der Waals surface area contributed by atoms with Crippen LogP contribution in [0, 0.1) is 5.92 Å². The van der Waals surface area contributed by atoms with Crippen LogP contribution in [0.3, 0.4) is 0 Å². The fourth-order valence-electron chi connectivity index (χ4n) is 2.00. The first-order valence-electron chi connectivity index (χ1n) is 5.57. The number of aliphatic imine (C=N–C) groups is 1. The van der Waals surface area contributed by atoms with E-state index in [1.54, 1.807) is 7.05 Å². The molecule has 1 aromatic carbocycles. The van der Waals surface area contributed by atoms with E-state index in [-0.39, 0.29) is 0 Å². The van der Waals surface area contributed by atoms with E-state index in [1.165, 1.54) is 5.56 Å². The molecule has 2 atom stereocenters. The molecule has 16 heavy (non-hydrogen) atoms. The van der Waals surface area contributed by atoms with Crippen molar-refractivity contribution in [1.29, 1.82) is 0 Å². The van der Waals surface area contributed by atoms with Crippen molar-refractivity contribution in [1.82, 2.24) is 0 Å². The van der Waals surface area contributed by atoms with Crippen molar-refractivity contribution in [2.24, 2.45) is 10.9 Å². The highest BCUT2D eigenvalue weighted by Crippen LogP contribution is 2.48. The Balaban J connectivity index is 2.03. The third-order valence-electron chi connectivity index (χ3n) is 2.83. The van der Waals surface area contributed by atoms with Crippen molar-refractivity contribution >= 4 is 5.90 Å². The Kier molecular flexibility index (Phi) is 3.09. The molecule has 0 radical (unpaired) electrons. The van der Waals surface area contributed by atoms with Gasteiger partial charge in [-0.25, -0.2) is 0 Å². The van der Waals surface area contributed by atoms with Gasteiger partial charge in [0.1, 0.15) is 0 Å². The third kappa shape index (κ3) is 2.32. The molecule has 0 aliphatic heterocycles. The minimum atomic E-state index is 0.434. The van der Waals surface area contributed by atoms with E-state index in [9.17, 15) is 0 Å². The fourth-order valence-corrected chi connectivity index (χ4v) is 2.00. The van der Waals surface area contributed by atoms with Gasteiger partial charge in [-0.15, -0.1) is 0 Å². The standard InChI is InChI=1S/C14H17NO/c1-10(2)16-14(15-3)13-9-12(13)11-7-5-4-6-8-11/h4-8,12-13H,1,9H2,2-3H3. The SMILES string of the molecule is C=C(C)OC(=NC)C1CC1c1ccccc1. The Labute approximate surface area is 96.7 Å². The molecule has 0 N–H and O–H groups in total. The first-order valence-corrected chi connectivity index (χ1v) is 5.57. The largest absolute Gasteiger partial charge is 0.448 e. The lowest BCUT2D eigenvalue weighted by Crippen LogP contribution is -2.06. The van der Waals surface area contributed by atoms with Gasteiger partial charge in [0, 0.05) is 13.0 Å². The summed E-state index contributed by atoms with van der Waals surface area (Å²) in [4.78, 5) is 4.20. The molecule has 2 heteroatoms. The molecule has 1 aliphatic carbocycles. The third-order valence-corrected chi connectivity index (χ3v) is 2.83. The quantitative estimate of drug-likeness (QED) is 0.430. The Bertz CT molecular complexity index is 408. The van der Waals surface area contributed by atoms with Gasteiger partial charge in [-0.2, -0.15) is 0 Å². The molecule has 2 rings (SSSR count). The predicted molar refractivity (Wildman–Crippen MR) is 66.5 cm³/mol. The topological polar surface area (TPSA) is 21.6 Å². The van der Waals surface area contributed by atoms with E-state index in [0.717, 1.165) is 12.3 Å². The summed E-state index contributed by atoms with van der Waals surface area (Å²) >= 11 is 0. The zero-order valence-corrected chi connectivity index (χ0v) is 9.81. The van der Waals surface area contributed by atoms with Gasteiger partial charge in [-0.1, -0.05) is 36.9 Å². The summed E-state index contributed by atoms with van der Waals surface area (Å²) in [6.45, 7) is 5.60. The monoisotopic (exact) mass is 215 g/mol. The summed E-state index contributed by atoms with van der Waals surface area (Å²) in [7, 11) is 1.78. The van der Waals surface area contributed by atoms with Gasteiger partial charge < -0.3 is 4.74 Å². The molecule has 0 bridgehead atoms. The van der Waals surface area contributed by atoms with E-state index in [1.807, 2.05) is 13.0 Å². The van der Waals surface area contributed by atoms with Gasteiger partial charge in [0.15, 0.2) is 5.90 Å². The van der Waals surface area contributed by atoms with Gasteiger partial charge in [-0.3, -0.25) is 4.99 Å². The highest BCUT2D eigenvalue weighted by atomic mass is 16.5. The highest BCUT2D eigenvalue weighted by Gasteiger charge is 2.43. The number of benzene rings is 1. The lowest BCUT2D eigenvalue weighted by atomic mass is 10.1. The van der Waals surface area contributed by atoms with E-state index >= 15 is 0 Å². The zero-order valence-electron chi connectivity index (χ0n) is 9.81. The molecule has 2 unspecified atom stereocenters. The van der Waals surface area contributed by atoms with Crippen LogP contribution in [-0.2, 0) is 4.74 Å². The summed E-state index contributed by atoms with van der Waals surface area (Å²) in [6.07, 6.45) is 1.13. The van der Waals surface area contributed by atoms with E-state index in [2.05, 4.69) is 35.8 Å². The van der Waals surface area contributed by atoms with Crippen molar-refractivity contribution in [3.05, 3.63) is 48.2 Å². The normalized spacial score (nSPS) is 24.0.